The van der Waals surface area contributed by atoms with Gasteiger partial charge in [-0.3, -0.25) is 4.79 Å². The SMILES string of the molecule is CC1=CC[C@@H]2C(=O)C=CC=C[C@H]12.[C-]#[O+].[C-]#[O+].[C-]#[O+].[Fe]. The molecule has 0 aromatic rings. The fourth-order valence-corrected chi connectivity index (χ4v) is 1.95. The Morgan fingerprint density at radius 3 is 2.16 bits per heavy atom. The van der Waals surface area contributed by atoms with Gasteiger partial charge in [0.2, 0.25) is 0 Å². The molecule has 0 saturated carbocycles. The van der Waals surface area contributed by atoms with Gasteiger partial charge >= 0.3 is 33.9 Å². The molecule has 19 heavy (non-hydrogen) atoms. The van der Waals surface area contributed by atoms with E-state index in [-0.39, 0.29) is 28.8 Å². The van der Waals surface area contributed by atoms with Gasteiger partial charge in [-0.25, -0.2) is 0 Å². The van der Waals surface area contributed by atoms with E-state index in [0.29, 0.717) is 5.92 Å². The molecule has 0 aromatic heterocycles. The largest absolute Gasteiger partial charge is 0 e. The van der Waals surface area contributed by atoms with E-state index in [9.17, 15) is 4.79 Å². The first-order chi connectivity index (χ1) is 8.79. The molecule has 0 saturated heterocycles. The Bertz CT molecular complexity index is 399. The second-order valence-electron chi connectivity index (χ2n) is 3.46. The van der Waals surface area contributed by atoms with Gasteiger partial charge in [0, 0.05) is 28.9 Å². The van der Waals surface area contributed by atoms with Crippen molar-refractivity contribution in [1.82, 2.24) is 0 Å². The van der Waals surface area contributed by atoms with Gasteiger partial charge in [-0.2, -0.15) is 0 Å². The van der Waals surface area contributed by atoms with Gasteiger partial charge in [0.25, 0.3) is 0 Å². The fourth-order valence-electron chi connectivity index (χ4n) is 1.95. The van der Waals surface area contributed by atoms with Gasteiger partial charge in [0.05, 0.1) is 0 Å². The van der Waals surface area contributed by atoms with Gasteiger partial charge in [-0.15, -0.1) is 0 Å². The Morgan fingerprint density at radius 2 is 1.63 bits per heavy atom. The van der Waals surface area contributed by atoms with Crippen LogP contribution in [0.5, 0.6) is 0 Å². The van der Waals surface area contributed by atoms with Gasteiger partial charge in [-0.1, -0.05) is 29.9 Å². The van der Waals surface area contributed by atoms with Crippen LogP contribution in [0.25, 0.3) is 0 Å². The van der Waals surface area contributed by atoms with E-state index >= 15 is 0 Å². The van der Waals surface area contributed by atoms with Crippen molar-refractivity contribution in [3.05, 3.63) is 55.9 Å². The van der Waals surface area contributed by atoms with Gasteiger partial charge < -0.3 is 0 Å². The number of carbonyl (C=O) groups excluding carboxylic acids is 1. The van der Waals surface area contributed by atoms with E-state index in [4.69, 9.17) is 14.0 Å². The summed E-state index contributed by atoms with van der Waals surface area (Å²) in [5.41, 5.74) is 1.34. The number of ketones is 1. The van der Waals surface area contributed by atoms with Crippen molar-refractivity contribution < 1.29 is 35.8 Å². The van der Waals surface area contributed by atoms with E-state index in [1.165, 1.54) is 5.57 Å². The summed E-state index contributed by atoms with van der Waals surface area (Å²) in [6.07, 6.45) is 10.7. The van der Waals surface area contributed by atoms with Crippen molar-refractivity contribution in [3.63, 3.8) is 0 Å². The van der Waals surface area contributed by atoms with Crippen LogP contribution >= 0.6 is 0 Å². The fraction of sp³-hybridized carbons (Fsp3) is 0.286. The monoisotopic (exact) mass is 300 g/mol. The standard InChI is InChI=1S/C11H12O.3CO.Fe/c1-8-6-7-10-9(8)4-2-3-5-11(10)12;3*1-2;/h2-6,9-10H,7H2,1H3;;;;/t9-,10+;;;;/m1..../s1. The minimum absolute atomic E-state index is 0. The predicted octanol–water partition coefficient (Wildman–Crippen LogP) is 2.15. The average Bonchev–Trinajstić information content (AvgIpc) is 2.72. The Morgan fingerprint density at radius 1 is 1.11 bits per heavy atom. The molecule has 0 unspecified atom stereocenters. The van der Waals surface area contributed by atoms with Crippen LogP contribution in [0.3, 0.4) is 0 Å². The minimum atomic E-state index is 0. The second kappa shape index (κ2) is 14.7. The molecule has 0 amide bonds. The average molecular weight is 300 g/mol. The van der Waals surface area contributed by atoms with Crippen LogP contribution in [0.1, 0.15) is 13.3 Å². The molecular formula is C14H12FeO4. The first-order valence-corrected chi connectivity index (χ1v) is 4.95. The van der Waals surface area contributed by atoms with Crippen molar-refractivity contribution >= 4 is 5.78 Å². The first kappa shape index (κ1) is 22.8. The minimum Gasteiger partial charge on any atom is 0 e. The third-order valence-electron chi connectivity index (χ3n) is 2.71. The van der Waals surface area contributed by atoms with Crippen LogP contribution in [0, 0.1) is 31.8 Å². The van der Waals surface area contributed by atoms with Crippen molar-refractivity contribution in [2.45, 2.75) is 13.3 Å². The molecule has 0 N–H and O–H groups in total. The zero-order chi connectivity index (χ0) is 14.6. The van der Waals surface area contributed by atoms with Crippen LogP contribution in [-0.2, 0) is 35.8 Å². The quantitative estimate of drug-likeness (QED) is 0.292. The van der Waals surface area contributed by atoms with Crippen LogP contribution < -0.4 is 0 Å². The van der Waals surface area contributed by atoms with E-state index in [1.807, 2.05) is 12.2 Å². The first-order valence-electron chi connectivity index (χ1n) is 4.95. The molecule has 0 spiro atoms. The second-order valence-corrected chi connectivity index (χ2v) is 3.46. The normalized spacial score (nSPS) is 21.2. The number of allylic oxidation sites excluding steroid dienone is 6. The van der Waals surface area contributed by atoms with Crippen molar-refractivity contribution in [2.75, 3.05) is 0 Å². The predicted molar refractivity (Wildman–Crippen MR) is 60.4 cm³/mol. The summed E-state index contributed by atoms with van der Waals surface area (Å²) in [6, 6.07) is 0. The van der Waals surface area contributed by atoms with Crippen molar-refractivity contribution in [2.24, 2.45) is 11.8 Å². The molecule has 0 aromatic carbocycles. The zero-order valence-electron chi connectivity index (χ0n) is 10.2. The topological polar surface area (TPSA) is 76.8 Å². The third-order valence-corrected chi connectivity index (χ3v) is 2.71. The molecule has 0 aliphatic heterocycles. The van der Waals surface area contributed by atoms with Crippen molar-refractivity contribution in [1.29, 1.82) is 0 Å². The van der Waals surface area contributed by atoms with E-state index in [0.717, 1.165) is 6.42 Å². The van der Waals surface area contributed by atoms with E-state index in [2.05, 4.69) is 39.0 Å². The number of hydrogen-bond donors (Lipinski definition) is 0. The molecule has 2 aliphatic carbocycles. The van der Waals surface area contributed by atoms with Gasteiger partial charge in [-0.05, 0) is 19.4 Å². The maximum atomic E-state index is 11.5. The molecule has 0 fully saturated rings. The Hall–Kier alpha value is -1.37. The molecule has 2 aliphatic rings. The Labute approximate surface area is 123 Å². The van der Waals surface area contributed by atoms with Gasteiger partial charge in [0.1, 0.15) is 0 Å². The van der Waals surface area contributed by atoms with Crippen LogP contribution in [0.15, 0.2) is 36.0 Å². The van der Waals surface area contributed by atoms with Crippen LogP contribution in [0.4, 0.5) is 0 Å². The maximum absolute atomic E-state index is 11.5. The summed E-state index contributed by atoms with van der Waals surface area (Å²) in [6.45, 7) is 15.6. The van der Waals surface area contributed by atoms with Crippen LogP contribution in [0.2, 0.25) is 0 Å². The summed E-state index contributed by atoms with van der Waals surface area (Å²) >= 11 is 0. The zero-order valence-corrected chi connectivity index (χ0v) is 11.3. The third kappa shape index (κ3) is 6.95. The molecule has 0 bridgehead atoms. The summed E-state index contributed by atoms with van der Waals surface area (Å²) in [5.74, 6) is 0.839. The number of fused-ring (bicyclic) bond motifs is 1. The van der Waals surface area contributed by atoms with E-state index in [1.54, 1.807) is 6.08 Å². The molecule has 2 atom stereocenters. The molecule has 2 rings (SSSR count). The molecule has 5 heteroatoms. The number of carbonyl (C=O) groups is 1. The summed E-state index contributed by atoms with van der Waals surface area (Å²) in [7, 11) is 0. The Balaban J connectivity index is -0.000000325. The number of rotatable bonds is 0. The Kier molecular flexibility index (Phi) is 17.6. The van der Waals surface area contributed by atoms with E-state index < -0.39 is 0 Å². The molecule has 0 radical (unpaired) electrons. The molecule has 100 valence electrons. The smallest absolute Gasteiger partial charge is 0 e. The maximum Gasteiger partial charge on any atom is 0 e. The van der Waals surface area contributed by atoms with Crippen LogP contribution in [-0.4, -0.2) is 5.78 Å². The summed E-state index contributed by atoms with van der Waals surface area (Å²) < 4.78 is 22.5. The van der Waals surface area contributed by atoms with Crippen molar-refractivity contribution in [3.8, 4) is 0 Å². The van der Waals surface area contributed by atoms with Gasteiger partial charge in [0.15, 0.2) is 5.78 Å². The number of hydrogen-bond acceptors (Lipinski definition) is 1. The molecule has 4 nitrogen and oxygen atoms in total. The summed E-state index contributed by atoms with van der Waals surface area (Å²) in [4.78, 5) is 11.5. The summed E-state index contributed by atoms with van der Waals surface area (Å²) in [5, 5.41) is 0. The molecular weight excluding hydrogens is 288 g/mol. The molecule has 0 heterocycles.